The highest BCUT2D eigenvalue weighted by Crippen LogP contribution is 2.54. The number of hydrogen-bond donors (Lipinski definition) is 4. The predicted octanol–water partition coefficient (Wildman–Crippen LogP) is 9.57. The van der Waals surface area contributed by atoms with Gasteiger partial charge in [-0.25, -0.2) is 0 Å². The summed E-state index contributed by atoms with van der Waals surface area (Å²) in [5.41, 5.74) is 36.6. The van der Waals surface area contributed by atoms with Crippen LogP contribution in [0.1, 0.15) is 0 Å². The van der Waals surface area contributed by atoms with E-state index in [2.05, 4.69) is 91.0 Å². The molecule has 208 valence electrons. The molecule has 0 amide bonds. The Labute approximate surface area is 254 Å². The number of nitrogen functional groups attached to an aromatic ring is 4. The van der Waals surface area contributed by atoms with Gasteiger partial charge < -0.3 is 22.9 Å². The van der Waals surface area contributed by atoms with Gasteiger partial charge in [0.15, 0.2) is 0 Å². The second kappa shape index (κ2) is 10.7. The van der Waals surface area contributed by atoms with Crippen LogP contribution in [0.2, 0.25) is 0 Å². The molecule has 7 rings (SSSR count). The number of benzene rings is 6. The minimum atomic E-state index is 0.712. The Morgan fingerprint density at radius 1 is 0.372 bits per heavy atom. The number of thiophene rings is 1. The minimum Gasteiger partial charge on any atom is -0.399 e. The van der Waals surface area contributed by atoms with Crippen LogP contribution in [-0.2, 0) is 0 Å². The zero-order chi connectivity index (χ0) is 29.5. The monoisotopic (exact) mass is 574 g/mol. The fourth-order valence-electron chi connectivity index (χ4n) is 5.75. The molecule has 7 aromatic rings. The van der Waals surface area contributed by atoms with Crippen LogP contribution in [0, 0.1) is 0 Å². The van der Waals surface area contributed by atoms with E-state index in [-0.39, 0.29) is 0 Å². The second-order valence-electron chi connectivity index (χ2n) is 10.7. The molecule has 0 fully saturated rings. The van der Waals surface area contributed by atoms with Crippen molar-refractivity contribution >= 4 is 44.9 Å². The van der Waals surface area contributed by atoms with E-state index in [0.717, 1.165) is 71.3 Å². The molecule has 0 spiro atoms. The van der Waals surface area contributed by atoms with Gasteiger partial charge in [-0.05, 0) is 92.7 Å². The van der Waals surface area contributed by atoms with Crippen molar-refractivity contribution in [1.29, 1.82) is 0 Å². The van der Waals surface area contributed by atoms with Gasteiger partial charge in [0, 0.05) is 43.6 Å². The first-order valence-electron chi connectivity index (χ1n) is 14.1. The first kappa shape index (κ1) is 26.4. The smallest absolute Gasteiger partial charge is 0.0434 e. The summed E-state index contributed by atoms with van der Waals surface area (Å²) in [5, 5.41) is 2.35. The van der Waals surface area contributed by atoms with E-state index >= 15 is 0 Å². The van der Waals surface area contributed by atoms with E-state index in [9.17, 15) is 0 Å². The summed E-state index contributed by atoms with van der Waals surface area (Å²) in [7, 11) is 0. The molecule has 0 unspecified atom stereocenters. The molecule has 1 aromatic heterocycles. The third-order valence-electron chi connectivity index (χ3n) is 7.85. The van der Waals surface area contributed by atoms with Gasteiger partial charge in [-0.2, -0.15) is 0 Å². The van der Waals surface area contributed by atoms with Gasteiger partial charge in [0.05, 0.1) is 0 Å². The Balaban J connectivity index is 1.62. The van der Waals surface area contributed by atoms with Crippen molar-refractivity contribution < 1.29 is 0 Å². The highest BCUT2D eigenvalue weighted by Gasteiger charge is 2.25. The third kappa shape index (κ3) is 4.86. The quantitative estimate of drug-likeness (QED) is 0.154. The Kier molecular flexibility index (Phi) is 6.57. The SMILES string of the molecule is Nc1ccc(-c2sc(-c3ccc(N)cc3)c(-c3ccc(N)cc3-c3cccc4ccccc34)c2-c2ccc(N)cc2)cc1. The Morgan fingerprint density at radius 3 is 1.51 bits per heavy atom. The zero-order valence-electron chi connectivity index (χ0n) is 23.4. The zero-order valence-corrected chi connectivity index (χ0v) is 24.2. The summed E-state index contributed by atoms with van der Waals surface area (Å²) in [6, 6.07) is 45.5. The lowest BCUT2D eigenvalue weighted by molar-refractivity contribution is 1.59. The van der Waals surface area contributed by atoms with Crippen molar-refractivity contribution in [1.82, 2.24) is 0 Å². The summed E-state index contributed by atoms with van der Waals surface area (Å²) in [5.74, 6) is 0. The van der Waals surface area contributed by atoms with Crippen LogP contribution in [0.15, 0.2) is 133 Å². The van der Waals surface area contributed by atoms with Crippen molar-refractivity contribution in [2.45, 2.75) is 0 Å². The van der Waals surface area contributed by atoms with E-state index in [0.29, 0.717) is 5.69 Å². The van der Waals surface area contributed by atoms with Gasteiger partial charge in [0.25, 0.3) is 0 Å². The topological polar surface area (TPSA) is 104 Å². The average Bonchev–Trinajstić information content (AvgIpc) is 3.42. The molecule has 5 heteroatoms. The average molecular weight is 575 g/mol. The lowest BCUT2D eigenvalue weighted by atomic mass is 9.86. The number of hydrogen-bond acceptors (Lipinski definition) is 5. The fourth-order valence-corrected chi connectivity index (χ4v) is 7.10. The molecule has 1 heterocycles. The van der Waals surface area contributed by atoms with Crippen LogP contribution in [0.5, 0.6) is 0 Å². The van der Waals surface area contributed by atoms with E-state index < -0.39 is 0 Å². The second-order valence-corrected chi connectivity index (χ2v) is 11.7. The van der Waals surface area contributed by atoms with Crippen LogP contribution >= 0.6 is 11.3 Å². The lowest BCUT2D eigenvalue weighted by Crippen LogP contribution is -1.94. The van der Waals surface area contributed by atoms with Crippen LogP contribution in [0.25, 0.3) is 65.0 Å². The van der Waals surface area contributed by atoms with Gasteiger partial charge in [0.1, 0.15) is 0 Å². The maximum atomic E-state index is 6.49. The first-order chi connectivity index (χ1) is 21.0. The lowest BCUT2D eigenvalue weighted by Gasteiger charge is -2.17. The number of fused-ring (bicyclic) bond motifs is 1. The summed E-state index contributed by atoms with van der Waals surface area (Å²) in [4.78, 5) is 2.29. The third-order valence-corrected chi connectivity index (χ3v) is 9.13. The molecule has 0 radical (unpaired) electrons. The summed E-state index contributed by atoms with van der Waals surface area (Å²) >= 11 is 1.77. The highest BCUT2D eigenvalue weighted by molar-refractivity contribution is 7.20. The summed E-state index contributed by atoms with van der Waals surface area (Å²) in [6.45, 7) is 0. The molecular formula is C38H30N4S. The Morgan fingerprint density at radius 2 is 0.884 bits per heavy atom. The molecule has 0 aliphatic heterocycles. The van der Waals surface area contributed by atoms with E-state index in [4.69, 9.17) is 22.9 Å². The van der Waals surface area contributed by atoms with Crippen LogP contribution < -0.4 is 22.9 Å². The standard InChI is InChI=1S/C38H30N4S/c39-27-14-8-24(9-15-27)35-36(33-21-20-30(42)22-34(33)32-7-3-5-23-4-1-2-6-31(23)32)38(26-12-18-29(41)19-13-26)43-37(35)25-10-16-28(40)17-11-25/h1-22H,39-42H2. The molecule has 6 aromatic carbocycles. The minimum absolute atomic E-state index is 0.712. The normalized spacial score (nSPS) is 11.2. The van der Waals surface area contributed by atoms with Crippen LogP contribution in [-0.4, -0.2) is 0 Å². The van der Waals surface area contributed by atoms with Gasteiger partial charge in [-0.15, -0.1) is 11.3 Å². The number of rotatable bonds is 5. The molecular weight excluding hydrogens is 545 g/mol. The molecule has 0 aliphatic rings. The van der Waals surface area contributed by atoms with Crippen LogP contribution in [0.3, 0.4) is 0 Å². The maximum Gasteiger partial charge on any atom is 0.0434 e. The van der Waals surface area contributed by atoms with E-state index in [1.807, 2.05) is 42.5 Å². The van der Waals surface area contributed by atoms with Crippen molar-refractivity contribution in [3.8, 4) is 54.3 Å². The van der Waals surface area contributed by atoms with Gasteiger partial charge in [-0.3, -0.25) is 0 Å². The van der Waals surface area contributed by atoms with Crippen molar-refractivity contribution in [3.05, 3.63) is 133 Å². The van der Waals surface area contributed by atoms with Crippen molar-refractivity contribution in [3.63, 3.8) is 0 Å². The molecule has 43 heavy (non-hydrogen) atoms. The first-order valence-corrected chi connectivity index (χ1v) is 14.9. The molecule has 0 atom stereocenters. The highest BCUT2D eigenvalue weighted by atomic mass is 32.1. The number of anilines is 4. The maximum absolute atomic E-state index is 6.49. The van der Waals surface area contributed by atoms with Gasteiger partial charge in [-0.1, -0.05) is 84.9 Å². The Bertz CT molecular complexity index is 2090. The van der Waals surface area contributed by atoms with E-state index in [1.54, 1.807) is 11.3 Å². The predicted molar refractivity (Wildman–Crippen MR) is 187 cm³/mol. The van der Waals surface area contributed by atoms with Crippen LogP contribution in [0.4, 0.5) is 22.7 Å². The molecule has 0 aliphatic carbocycles. The molecule has 0 bridgehead atoms. The molecule has 0 saturated carbocycles. The number of nitrogens with two attached hydrogens (primary N) is 4. The van der Waals surface area contributed by atoms with Crippen molar-refractivity contribution in [2.24, 2.45) is 0 Å². The van der Waals surface area contributed by atoms with E-state index in [1.165, 1.54) is 10.8 Å². The Hall–Kier alpha value is -5.52. The molecule has 4 nitrogen and oxygen atoms in total. The van der Waals surface area contributed by atoms with Gasteiger partial charge >= 0.3 is 0 Å². The molecule has 0 saturated heterocycles. The summed E-state index contributed by atoms with van der Waals surface area (Å²) in [6.07, 6.45) is 0. The molecule has 8 N–H and O–H groups in total. The van der Waals surface area contributed by atoms with Gasteiger partial charge in [0.2, 0.25) is 0 Å². The van der Waals surface area contributed by atoms with Crippen molar-refractivity contribution in [2.75, 3.05) is 22.9 Å². The fraction of sp³-hybridized carbons (Fsp3) is 0. The largest absolute Gasteiger partial charge is 0.399 e. The summed E-state index contributed by atoms with van der Waals surface area (Å²) < 4.78 is 0.